The lowest BCUT2D eigenvalue weighted by Gasteiger charge is -2.10. The molecule has 110 valence electrons. The average Bonchev–Trinajstić information content (AvgIpc) is 2.46. The molecule has 2 rings (SSSR count). The molecule has 1 N–H and O–H groups in total. The largest absolute Gasteiger partial charge is 0.478 e. The lowest BCUT2D eigenvalue weighted by molar-refractivity contribution is 0.0696. The first-order valence-electron chi connectivity index (χ1n) is 6.99. The third-order valence-corrected chi connectivity index (χ3v) is 3.46. The number of hydrogen-bond donors (Lipinski definition) is 1. The second kappa shape index (κ2) is 6.39. The molecule has 1 aromatic carbocycles. The van der Waals surface area contributed by atoms with E-state index in [9.17, 15) is 4.79 Å². The smallest absolute Gasteiger partial charge is 0.335 e. The highest BCUT2D eigenvalue weighted by Crippen LogP contribution is 2.25. The number of aromatic nitrogens is 1. The lowest BCUT2D eigenvalue weighted by Crippen LogP contribution is -2.00. The normalized spacial score (nSPS) is 12.0. The topological polar surface area (TPSA) is 59.4 Å². The van der Waals surface area contributed by atoms with Crippen LogP contribution in [-0.2, 0) is 0 Å². The van der Waals surface area contributed by atoms with Crippen LogP contribution in [0.4, 0.5) is 0 Å². The molecule has 1 aromatic heterocycles. The highest BCUT2D eigenvalue weighted by Gasteiger charge is 2.09. The van der Waals surface area contributed by atoms with E-state index in [0.717, 1.165) is 6.42 Å². The number of carboxylic acid groups (broad SMARTS) is 1. The Morgan fingerprint density at radius 3 is 2.52 bits per heavy atom. The molecule has 1 atom stereocenters. The number of rotatable bonds is 5. The van der Waals surface area contributed by atoms with E-state index in [1.165, 1.54) is 17.7 Å². The zero-order valence-corrected chi connectivity index (χ0v) is 12.5. The molecule has 0 bridgehead atoms. The monoisotopic (exact) mass is 285 g/mol. The average molecular weight is 285 g/mol. The molecular weight excluding hydrogens is 266 g/mol. The second-order valence-corrected chi connectivity index (χ2v) is 5.12. The standard InChI is InChI=1S/C17H19NO3/c1-4-11(2)13-5-7-15(8-6-13)21-16-10-14(17(19)20)9-12(3)18-16/h5-11H,4H2,1-3H3,(H,19,20). The van der Waals surface area contributed by atoms with Crippen LogP contribution in [0.25, 0.3) is 0 Å². The number of carboxylic acids is 1. The number of ether oxygens (including phenoxy) is 1. The fraction of sp³-hybridized carbons (Fsp3) is 0.294. The quantitative estimate of drug-likeness (QED) is 0.884. The number of benzene rings is 1. The summed E-state index contributed by atoms with van der Waals surface area (Å²) in [5.41, 5.74) is 2.04. The molecule has 4 nitrogen and oxygen atoms in total. The van der Waals surface area contributed by atoms with Gasteiger partial charge in [-0.2, -0.15) is 0 Å². The fourth-order valence-electron chi connectivity index (χ4n) is 2.03. The van der Waals surface area contributed by atoms with Crippen LogP contribution < -0.4 is 4.74 Å². The molecule has 1 heterocycles. The van der Waals surface area contributed by atoms with Gasteiger partial charge >= 0.3 is 5.97 Å². The summed E-state index contributed by atoms with van der Waals surface area (Å²) < 4.78 is 5.64. The number of pyridine rings is 1. The Bertz CT molecular complexity index is 635. The van der Waals surface area contributed by atoms with E-state index in [1.54, 1.807) is 6.92 Å². The Morgan fingerprint density at radius 1 is 1.29 bits per heavy atom. The van der Waals surface area contributed by atoms with Gasteiger partial charge in [-0.3, -0.25) is 0 Å². The minimum absolute atomic E-state index is 0.175. The zero-order chi connectivity index (χ0) is 15.4. The molecule has 0 aliphatic heterocycles. The molecule has 21 heavy (non-hydrogen) atoms. The Kier molecular flexibility index (Phi) is 4.58. The molecule has 0 radical (unpaired) electrons. The van der Waals surface area contributed by atoms with Gasteiger partial charge in [0.1, 0.15) is 5.75 Å². The van der Waals surface area contributed by atoms with Crippen LogP contribution in [0.2, 0.25) is 0 Å². The number of carbonyl (C=O) groups is 1. The summed E-state index contributed by atoms with van der Waals surface area (Å²) in [4.78, 5) is 15.2. The Balaban J connectivity index is 2.20. The first-order valence-corrected chi connectivity index (χ1v) is 6.99. The third-order valence-electron chi connectivity index (χ3n) is 3.46. The van der Waals surface area contributed by atoms with Crippen LogP contribution in [0.5, 0.6) is 11.6 Å². The van der Waals surface area contributed by atoms with Crippen molar-refractivity contribution in [3.8, 4) is 11.6 Å². The predicted molar refractivity (Wildman–Crippen MR) is 81.2 cm³/mol. The van der Waals surface area contributed by atoms with Crippen LogP contribution >= 0.6 is 0 Å². The van der Waals surface area contributed by atoms with E-state index >= 15 is 0 Å². The molecule has 0 fully saturated rings. The molecule has 0 amide bonds. The van der Waals surface area contributed by atoms with E-state index in [2.05, 4.69) is 18.8 Å². The maximum Gasteiger partial charge on any atom is 0.335 e. The van der Waals surface area contributed by atoms with Gasteiger partial charge in [-0.1, -0.05) is 26.0 Å². The van der Waals surface area contributed by atoms with Crippen molar-refractivity contribution in [2.45, 2.75) is 33.1 Å². The Morgan fingerprint density at radius 2 is 1.95 bits per heavy atom. The van der Waals surface area contributed by atoms with Gasteiger partial charge in [0.15, 0.2) is 0 Å². The van der Waals surface area contributed by atoms with Crippen LogP contribution in [0.1, 0.15) is 47.8 Å². The SMILES string of the molecule is CCC(C)c1ccc(Oc2cc(C(=O)O)cc(C)n2)cc1. The van der Waals surface area contributed by atoms with Gasteiger partial charge in [0, 0.05) is 11.8 Å². The van der Waals surface area contributed by atoms with Gasteiger partial charge in [0.05, 0.1) is 5.56 Å². The molecule has 4 heteroatoms. The van der Waals surface area contributed by atoms with Crippen molar-refractivity contribution in [3.63, 3.8) is 0 Å². The molecule has 0 spiro atoms. The van der Waals surface area contributed by atoms with Crippen molar-refractivity contribution in [2.75, 3.05) is 0 Å². The Labute approximate surface area is 124 Å². The summed E-state index contributed by atoms with van der Waals surface area (Å²) in [5.74, 6) is 0.465. The summed E-state index contributed by atoms with van der Waals surface area (Å²) in [7, 11) is 0. The van der Waals surface area contributed by atoms with Crippen molar-refractivity contribution in [1.82, 2.24) is 4.98 Å². The zero-order valence-electron chi connectivity index (χ0n) is 12.5. The van der Waals surface area contributed by atoms with Crippen molar-refractivity contribution < 1.29 is 14.6 Å². The van der Waals surface area contributed by atoms with Crippen molar-refractivity contribution in [3.05, 3.63) is 53.2 Å². The van der Waals surface area contributed by atoms with Gasteiger partial charge in [-0.25, -0.2) is 9.78 Å². The van der Waals surface area contributed by atoms with Gasteiger partial charge in [-0.05, 0) is 43.0 Å². The summed E-state index contributed by atoms with van der Waals surface area (Å²) in [6.07, 6.45) is 1.08. The van der Waals surface area contributed by atoms with Crippen molar-refractivity contribution >= 4 is 5.97 Å². The minimum Gasteiger partial charge on any atom is -0.478 e. The van der Waals surface area contributed by atoms with Gasteiger partial charge in [0.2, 0.25) is 5.88 Å². The molecule has 0 saturated heterocycles. The van der Waals surface area contributed by atoms with Crippen LogP contribution in [0, 0.1) is 6.92 Å². The number of aromatic carboxylic acids is 1. The highest BCUT2D eigenvalue weighted by molar-refractivity contribution is 5.88. The molecule has 1 unspecified atom stereocenters. The second-order valence-electron chi connectivity index (χ2n) is 5.12. The maximum atomic E-state index is 11.0. The molecule has 0 saturated carbocycles. The number of hydrogen-bond acceptors (Lipinski definition) is 3. The van der Waals surface area contributed by atoms with Gasteiger partial charge in [0.25, 0.3) is 0 Å². The first-order chi connectivity index (χ1) is 9.99. The summed E-state index contributed by atoms with van der Waals surface area (Å²) in [6.45, 7) is 6.07. The third kappa shape index (κ3) is 3.81. The van der Waals surface area contributed by atoms with Gasteiger partial charge in [-0.15, -0.1) is 0 Å². The van der Waals surface area contributed by atoms with Crippen LogP contribution in [0.3, 0.4) is 0 Å². The lowest BCUT2D eigenvalue weighted by atomic mass is 9.99. The number of nitrogens with zero attached hydrogens (tertiary/aromatic N) is 1. The molecular formula is C17H19NO3. The summed E-state index contributed by atoms with van der Waals surface area (Å²) in [5, 5.41) is 9.04. The summed E-state index contributed by atoms with van der Waals surface area (Å²) >= 11 is 0. The van der Waals surface area contributed by atoms with Crippen LogP contribution in [-0.4, -0.2) is 16.1 Å². The van der Waals surface area contributed by atoms with Gasteiger partial charge < -0.3 is 9.84 Å². The van der Waals surface area contributed by atoms with E-state index in [1.807, 2.05) is 24.3 Å². The van der Waals surface area contributed by atoms with E-state index < -0.39 is 5.97 Å². The highest BCUT2D eigenvalue weighted by atomic mass is 16.5. The first kappa shape index (κ1) is 15.0. The molecule has 2 aromatic rings. The van der Waals surface area contributed by atoms with Crippen LogP contribution in [0.15, 0.2) is 36.4 Å². The van der Waals surface area contributed by atoms with Crippen molar-refractivity contribution in [2.24, 2.45) is 0 Å². The number of aryl methyl sites for hydroxylation is 1. The van der Waals surface area contributed by atoms with E-state index in [4.69, 9.17) is 9.84 Å². The minimum atomic E-state index is -0.988. The molecule has 0 aliphatic carbocycles. The fourth-order valence-corrected chi connectivity index (χ4v) is 2.03. The maximum absolute atomic E-state index is 11.0. The van der Waals surface area contributed by atoms with E-state index in [-0.39, 0.29) is 5.56 Å². The van der Waals surface area contributed by atoms with Crippen molar-refractivity contribution in [1.29, 1.82) is 0 Å². The predicted octanol–water partition coefficient (Wildman–Crippen LogP) is 4.39. The summed E-state index contributed by atoms with van der Waals surface area (Å²) in [6, 6.07) is 10.8. The molecule has 0 aliphatic rings. The Hall–Kier alpha value is -2.36. The van der Waals surface area contributed by atoms with E-state index in [0.29, 0.717) is 23.2 Å².